The Morgan fingerprint density at radius 2 is 2.19 bits per heavy atom. The second-order valence-corrected chi connectivity index (χ2v) is 6.82. The molecule has 4 rings (SSSR count). The van der Waals surface area contributed by atoms with Gasteiger partial charge in [-0.3, -0.25) is 10.2 Å². The van der Waals surface area contributed by atoms with Crippen molar-refractivity contribution in [1.82, 2.24) is 36.0 Å². The van der Waals surface area contributed by atoms with Gasteiger partial charge in [0.1, 0.15) is 18.3 Å². The topological polar surface area (TPSA) is 88.0 Å². The van der Waals surface area contributed by atoms with Crippen LogP contribution in [0.25, 0.3) is 0 Å². The van der Waals surface area contributed by atoms with E-state index in [-0.39, 0.29) is 29.8 Å². The number of carbonyl (C=O) groups is 1. The summed E-state index contributed by atoms with van der Waals surface area (Å²) in [6, 6.07) is 6.49. The first kappa shape index (κ1) is 17.0. The molecular formula is C17H22FN7O. The zero-order valence-electron chi connectivity index (χ0n) is 14.4. The highest BCUT2D eigenvalue weighted by atomic mass is 19.1. The van der Waals surface area contributed by atoms with Crippen LogP contribution < -0.4 is 10.9 Å². The molecule has 3 unspecified atom stereocenters. The fraction of sp³-hybridized carbons (Fsp3) is 0.529. The number of amides is 1. The number of hydrazine groups is 1. The molecule has 1 aromatic carbocycles. The summed E-state index contributed by atoms with van der Waals surface area (Å²) >= 11 is 0. The number of carbonyl (C=O) groups excluding carboxylic acids is 1. The van der Waals surface area contributed by atoms with Crippen molar-refractivity contribution in [3.05, 3.63) is 42.0 Å². The van der Waals surface area contributed by atoms with Crippen molar-refractivity contribution < 1.29 is 9.18 Å². The molecule has 9 heteroatoms. The number of hydrogen-bond acceptors (Lipinski definition) is 6. The summed E-state index contributed by atoms with van der Waals surface area (Å²) in [5, 5.41) is 11.2. The van der Waals surface area contributed by atoms with Crippen molar-refractivity contribution in [2.24, 2.45) is 5.92 Å². The summed E-state index contributed by atoms with van der Waals surface area (Å²) < 4.78 is 15.3. The Labute approximate surface area is 150 Å². The lowest BCUT2D eigenvalue weighted by Crippen LogP contribution is -2.42. The third-order valence-electron chi connectivity index (χ3n) is 5.19. The Balaban J connectivity index is 1.61. The van der Waals surface area contributed by atoms with Gasteiger partial charge >= 0.3 is 0 Å². The van der Waals surface area contributed by atoms with Gasteiger partial charge in [0.15, 0.2) is 0 Å². The van der Waals surface area contributed by atoms with Crippen LogP contribution in [0.3, 0.4) is 0 Å². The summed E-state index contributed by atoms with van der Waals surface area (Å²) in [6.45, 7) is 1.18. The average Bonchev–Trinajstić information content (AvgIpc) is 3.28. The van der Waals surface area contributed by atoms with Crippen molar-refractivity contribution in [3.63, 3.8) is 0 Å². The quantitative estimate of drug-likeness (QED) is 0.856. The lowest BCUT2D eigenvalue weighted by atomic mass is 9.98. The first-order valence-corrected chi connectivity index (χ1v) is 9.01. The van der Waals surface area contributed by atoms with E-state index in [0.717, 1.165) is 31.2 Å². The maximum atomic E-state index is 13.8. The van der Waals surface area contributed by atoms with Crippen LogP contribution in [0.2, 0.25) is 0 Å². The molecule has 0 bridgehead atoms. The number of nitrogens with one attached hydrogen (secondary N) is 2. The fourth-order valence-corrected chi connectivity index (χ4v) is 3.90. The number of rotatable bonds is 3. The highest BCUT2D eigenvalue weighted by molar-refractivity contribution is 5.80. The molecule has 0 spiro atoms. The minimum atomic E-state index is -0.339. The van der Waals surface area contributed by atoms with Gasteiger partial charge < -0.3 is 4.90 Å². The van der Waals surface area contributed by atoms with E-state index >= 15 is 0 Å². The number of tetrazole rings is 1. The number of nitrogens with zero attached hydrogens (tertiary/aromatic N) is 5. The molecule has 2 fully saturated rings. The predicted molar refractivity (Wildman–Crippen MR) is 90.8 cm³/mol. The van der Waals surface area contributed by atoms with E-state index in [9.17, 15) is 9.18 Å². The molecule has 3 atom stereocenters. The molecule has 1 amide bonds. The Kier molecular flexibility index (Phi) is 4.89. The summed E-state index contributed by atoms with van der Waals surface area (Å²) in [7, 11) is 0. The number of aromatic nitrogens is 4. The first-order valence-electron chi connectivity index (χ1n) is 9.01. The molecule has 0 radical (unpaired) electrons. The van der Waals surface area contributed by atoms with Gasteiger partial charge in [0.05, 0.1) is 12.0 Å². The number of hydrogen-bond donors (Lipinski definition) is 2. The minimum absolute atomic E-state index is 0.0409. The monoisotopic (exact) mass is 359 g/mol. The molecule has 3 heterocycles. The van der Waals surface area contributed by atoms with Gasteiger partial charge in [-0.05, 0) is 41.0 Å². The summed E-state index contributed by atoms with van der Waals surface area (Å²) in [5.41, 5.74) is 6.97. The number of benzene rings is 1. The van der Waals surface area contributed by atoms with Crippen LogP contribution in [0, 0.1) is 11.7 Å². The molecular weight excluding hydrogens is 337 g/mol. The van der Waals surface area contributed by atoms with Gasteiger partial charge in [0.25, 0.3) is 0 Å². The molecule has 2 saturated heterocycles. The number of likely N-dealkylation sites (tertiary alicyclic amines) is 1. The van der Waals surface area contributed by atoms with Crippen molar-refractivity contribution in [1.29, 1.82) is 0 Å². The highest BCUT2D eigenvalue weighted by Gasteiger charge is 2.40. The lowest BCUT2D eigenvalue weighted by Gasteiger charge is -2.33. The molecule has 2 aliphatic rings. The van der Waals surface area contributed by atoms with E-state index in [0.29, 0.717) is 13.1 Å². The average molecular weight is 359 g/mol. The predicted octanol–water partition coefficient (Wildman–Crippen LogP) is 1.18. The van der Waals surface area contributed by atoms with E-state index in [1.807, 2.05) is 11.0 Å². The minimum Gasteiger partial charge on any atom is -0.335 e. The van der Waals surface area contributed by atoms with Crippen LogP contribution in [0.15, 0.2) is 30.6 Å². The third kappa shape index (κ3) is 3.32. The molecule has 26 heavy (non-hydrogen) atoms. The largest absolute Gasteiger partial charge is 0.335 e. The molecule has 0 saturated carbocycles. The maximum absolute atomic E-state index is 13.8. The third-order valence-corrected chi connectivity index (χ3v) is 5.19. The SMILES string of the molecule is O=C(C1CNNC1n1cnnn1)N1CCCCCC1c1cccc(F)c1. The second-order valence-electron chi connectivity index (χ2n) is 6.82. The van der Waals surface area contributed by atoms with E-state index in [4.69, 9.17) is 0 Å². The van der Waals surface area contributed by atoms with Crippen LogP contribution in [0.4, 0.5) is 4.39 Å². The van der Waals surface area contributed by atoms with Crippen LogP contribution >= 0.6 is 0 Å². The fourth-order valence-electron chi connectivity index (χ4n) is 3.90. The van der Waals surface area contributed by atoms with Gasteiger partial charge in [-0.25, -0.2) is 14.5 Å². The zero-order valence-corrected chi connectivity index (χ0v) is 14.4. The Morgan fingerprint density at radius 1 is 1.27 bits per heavy atom. The Morgan fingerprint density at radius 3 is 3.00 bits per heavy atom. The lowest BCUT2D eigenvalue weighted by molar-refractivity contribution is -0.138. The summed E-state index contributed by atoms with van der Waals surface area (Å²) in [6.07, 6.45) is 5.07. The molecule has 0 aliphatic carbocycles. The normalized spacial score (nSPS) is 26.7. The van der Waals surface area contributed by atoms with Crippen LogP contribution in [-0.4, -0.2) is 44.1 Å². The Hall–Kier alpha value is -2.39. The molecule has 8 nitrogen and oxygen atoms in total. The van der Waals surface area contributed by atoms with Crippen molar-refractivity contribution in [3.8, 4) is 0 Å². The van der Waals surface area contributed by atoms with Crippen molar-refractivity contribution in [2.75, 3.05) is 13.1 Å². The van der Waals surface area contributed by atoms with E-state index in [1.165, 1.54) is 12.4 Å². The van der Waals surface area contributed by atoms with Crippen molar-refractivity contribution >= 4 is 5.91 Å². The van der Waals surface area contributed by atoms with Gasteiger partial charge in [0.2, 0.25) is 5.91 Å². The molecule has 2 N–H and O–H groups in total. The van der Waals surface area contributed by atoms with Gasteiger partial charge in [-0.1, -0.05) is 25.0 Å². The van der Waals surface area contributed by atoms with E-state index < -0.39 is 0 Å². The molecule has 1 aromatic heterocycles. The second kappa shape index (κ2) is 7.46. The van der Waals surface area contributed by atoms with Crippen LogP contribution in [-0.2, 0) is 4.79 Å². The van der Waals surface area contributed by atoms with E-state index in [2.05, 4.69) is 26.4 Å². The van der Waals surface area contributed by atoms with Crippen LogP contribution in [0.1, 0.15) is 43.5 Å². The highest BCUT2D eigenvalue weighted by Crippen LogP contribution is 2.33. The first-order chi connectivity index (χ1) is 12.7. The number of halogens is 1. The maximum Gasteiger partial charge on any atom is 0.231 e. The van der Waals surface area contributed by atoms with Gasteiger partial charge in [0, 0.05) is 13.1 Å². The van der Waals surface area contributed by atoms with Crippen molar-refractivity contribution in [2.45, 2.75) is 37.9 Å². The standard InChI is InChI=1S/C17H22FN7O/c18-13-6-4-5-12(9-13)15-7-2-1-3-8-24(15)17(26)14-10-19-21-16(14)25-11-20-22-23-25/h4-6,9,11,14-16,19,21H,1-3,7-8,10H2. The molecule has 2 aromatic rings. The van der Waals surface area contributed by atoms with Gasteiger partial charge in [-0.2, -0.15) is 0 Å². The smallest absolute Gasteiger partial charge is 0.231 e. The van der Waals surface area contributed by atoms with Crippen LogP contribution in [0.5, 0.6) is 0 Å². The zero-order chi connectivity index (χ0) is 17.9. The summed E-state index contributed by atoms with van der Waals surface area (Å²) in [5.74, 6) is -0.554. The molecule has 2 aliphatic heterocycles. The Bertz CT molecular complexity index is 753. The summed E-state index contributed by atoms with van der Waals surface area (Å²) in [4.78, 5) is 15.3. The molecule has 138 valence electrons. The van der Waals surface area contributed by atoms with Gasteiger partial charge in [-0.15, -0.1) is 5.10 Å². The van der Waals surface area contributed by atoms with E-state index in [1.54, 1.807) is 16.8 Å².